The van der Waals surface area contributed by atoms with Gasteiger partial charge >= 0.3 is 5.97 Å². The summed E-state index contributed by atoms with van der Waals surface area (Å²) in [5.41, 5.74) is 0.898. The summed E-state index contributed by atoms with van der Waals surface area (Å²) in [5, 5.41) is 0. The van der Waals surface area contributed by atoms with E-state index < -0.39 is 0 Å². The zero-order chi connectivity index (χ0) is 11.4. The van der Waals surface area contributed by atoms with Crippen molar-refractivity contribution in [2.45, 2.75) is 40.7 Å². The van der Waals surface area contributed by atoms with Gasteiger partial charge in [-0.2, -0.15) is 0 Å². The summed E-state index contributed by atoms with van der Waals surface area (Å²) in [6, 6.07) is 0. The molecule has 0 saturated heterocycles. The van der Waals surface area contributed by atoms with E-state index in [1.54, 1.807) is 6.08 Å². The number of rotatable bonds is 4. The fraction of sp³-hybridized carbons (Fsp3) is 0.583. The van der Waals surface area contributed by atoms with Crippen molar-refractivity contribution < 1.29 is 9.53 Å². The van der Waals surface area contributed by atoms with Gasteiger partial charge < -0.3 is 4.74 Å². The number of hydrogen-bond donors (Lipinski definition) is 0. The average molecular weight is 196 g/mol. The topological polar surface area (TPSA) is 26.3 Å². The molecule has 0 saturated carbocycles. The quantitative estimate of drug-likeness (QED) is 0.510. The number of ether oxygens (including phenoxy) is 1. The third-order valence-corrected chi connectivity index (χ3v) is 2.04. The first-order chi connectivity index (χ1) is 6.29. The molecular formula is C12H20O2. The summed E-state index contributed by atoms with van der Waals surface area (Å²) in [5.74, 6) is -0.262. The lowest BCUT2D eigenvalue weighted by Gasteiger charge is -2.28. The smallest absolute Gasteiger partial charge is 0.303 e. The maximum absolute atomic E-state index is 10.9. The minimum Gasteiger partial charge on any atom is -0.457 e. The zero-order valence-corrected chi connectivity index (χ0v) is 9.76. The van der Waals surface area contributed by atoms with Crippen molar-refractivity contribution >= 4 is 5.97 Å². The number of esters is 1. The van der Waals surface area contributed by atoms with Gasteiger partial charge in [0.15, 0.2) is 0 Å². The highest BCUT2D eigenvalue weighted by Gasteiger charge is 2.27. The Morgan fingerprint density at radius 1 is 1.36 bits per heavy atom. The lowest BCUT2D eigenvalue weighted by atomic mass is 9.85. The minimum absolute atomic E-state index is 0.233. The zero-order valence-electron chi connectivity index (χ0n) is 9.76. The Balaban J connectivity index is 4.81. The van der Waals surface area contributed by atoms with Gasteiger partial charge in [0.2, 0.25) is 0 Å². The molecule has 0 fully saturated rings. The Bertz CT molecular complexity index is 245. The van der Waals surface area contributed by atoms with E-state index in [2.05, 4.69) is 6.58 Å². The average Bonchev–Trinajstić information content (AvgIpc) is 2.01. The van der Waals surface area contributed by atoms with Gasteiger partial charge in [-0.3, -0.25) is 4.79 Å². The van der Waals surface area contributed by atoms with E-state index in [0.717, 1.165) is 5.57 Å². The number of carbonyl (C=O) groups excluding carboxylic acids is 1. The van der Waals surface area contributed by atoms with Crippen LogP contribution in [0.2, 0.25) is 0 Å². The van der Waals surface area contributed by atoms with Crippen LogP contribution in [0, 0.1) is 5.41 Å². The predicted octanol–water partition coefficient (Wildman–Crippen LogP) is 3.10. The van der Waals surface area contributed by atoms with Crippen LogP contribution in [-0.2, 0) is 9.53 Å². The molecule has 80 valence electrons. The molecule has 0 heterocycles. The number of allylic oxidation sites excluding steroid dienone is 1. The molecule has 0 spiro atoms. The second kappa shape index (κ2) is 4.99. The standard InChI is InChI=1S/C12H20O2/c1-7-12(5,6)11(8-9(2)3)14-10(4)13/h7-8,11H,1H2,2-6H3/t11-/m1/s1. The van der Waals surface area contributed by atoms with Crippen LogP contribution in [-0.4, -0.2) is 12.1 Å². The van der Waals surface area contributed by atoms with Gasteiger partial charge in [-0.25, -0.2) is 0 Å². The summed E-state index contributed by atoms with van der Waals surface area (Å²) in [6.07, 6.45) is 3.52. The van der Waals surface area contributed by atoms with Crippen LogP contribution in [0.1, 0.15) is 34.6 Å². The molecule has 2 nitrogen and oxygen atoms in total. The molecule has 0 aliphatic rings. The van der Waals surface area contributed by atoms with Crippen LogP contribution >= 0.6 is 0 Å². The molecule has 0 amide bonds. The highest BCUT2D eigenvalue weighted by atomic mass is 16.5. The Labute approximate surface area is 86.6 Å². The van der Waals surface area contributed by atoms with Crippen molar-refractivity contribution in [1.82, 2.24) is 0 Å². The lowest BCUT2D eigenvalue weighted by Crippen LogP contribution is -2.30. The molecule has 14 heavy (non-hydrogen) atoms. The highest BCUT2D eigenvalue weighted by Crippen LogP contribution is 2.26. The molecule has 1 atom stereocenters. The summed E-state index contributed by atoms with van der Waals surface area (Å²) >= 11 is 0. The SMILES string of the molecule is C=CC(C)(C)[C@@H](C=C(C)C)OC(C)=O. The van der Waals surface area contributed by atoms with Gasteiger partial charge in [-0.1, -0.05) is 25.5 Å². The van der Waals surface area contributed by atoms with Crippen molar-refractivity contribution in [3.05, 3.63) is 24.3 Å². The van der Waals surface area contributed by atoms with E-state index in [0.29, 0.717) is 0 Å². The fourth-order valence-corrected chi connectivity index (χ4v) is 0.998. The van der Waals surface area contributed by atoms with E-state index >= 15 is 0 Å². The molecule has 0 bridgehead atoms. The van der Waals surface area contributed by atoms with Crippen molar-refractivity contribution in [2.24, 2.45) is 5.41 Å². The second-order valence-corrected chi connectivity index (χ2v) is 4.30. The van der Waals surface area contributed by atoms with Crippen LogP contribution in [0.5, 0.6) is 0 Å². The van der Waals surface area contributed by atoms with Gasteiger partial charge in [0.25, 0.3) is 0 Å². The molecule has 0 N–H and O–H groups in total. The second-order valence-electron chi connectivity index (χ2n) is 4.30. The van der Waals surface area contributed by atoms with E-state index in [1.807, 2.05) is 33.8 Å². The molecule has 2 heteroatoms. The Kier molecular flexibility index (Phi) is 4.61. The summed E-state index contributed by atoms with van der Waals surface area (Å²) in [7, 11) is 0. The Morgan fingerprint density at radius 3 is 2.14 bits per heavy atom. The van der Waals surface area contributed by atoms with E-state index in [9.17, 15) is 4.79 Å². The van der Waals surface area contributed by atoms with E-state index in [1.165, 1.54) is 6.92 Å². The van der Waals surface area contributed by atoms with Gasteiger partial charge in [0.05, 0.1) is 0 Å². The molecule has 0 aliphatic carbocycles. The lowest BCUT2D eigenvalue weighted by molar-refractivity contribution is -0.147. The van der Waals surface area contributed by atoms with Gasteiger partial charge in [-0.15, -0.1) is 6.58 Å². The number of hydrogen-bond acceptors (Lipinski definition) is 2. The van der Waals surface area contributed by atoms with Gasteiger partial charge in [-0.05, 0) is 19.9 Å². The molecule has 0 unspecified atom stereocenters. The van der Waals surface area contributed by atoms with E-state index in [4.69, 9.17) is 4.74 Å². The predicted molar refractivity (Wildman–Crippen MR) is 59.0 cm³/mol. The van der Waals surface area contributed by atoms with Gasteiger partial charge in [0, 0.05) is 12.3 Å². The van der Waals surface area contributed by atoms with Crippen LogP contribution in [0.25, 0.3) is 0 Å². The number of carbonyl (C=O) groups is 1. The van der Waals surface area contributed by atoms with Crippen molar-refractivity contribution in [3.63, 3.8) is 0 Å². The third kappa shape index (κ3) is 4.26. The third-order valence-electron chi connectivity index (χ3n) is 2.04. The maximum atomic E-state index is 10.9. The first-order valence-electron chi connectivity index (χ1n) is 4.75. The van der Waals surface area contributed by atoms with Crippen LogP contribution in [0.4, 0.5) is 0 Å². The summed E-state index contributed by atoms with van der Waals surface area (Å²) in [4.78, 5) is 10.9. The first kappa shape index (κ1) is 12.9. The minimum atomic E-state index is -0.262. The summed E-state index contributed by atoms with van der Waals surface area (Å²) in [6.45, 7) is 13.1. The monoisotopic (exact) mass is 196 g/mol. The molecule has 0 aromatic carbocycles. The van der Waals surface area contributed by atoms with Crippen molar-refractivity contribution in [3.8, 4) is 0 Å². The molecule has 0 aromatic heterocycles. The largest absolute Gasteiger partial charge is 0.457 e. The highest BCUT2D eigenvalue weighted by molar-refractivity contribution is 5.66. The Hall–Kier alpha value is -1.05. The molecule has 0 aliphatic heterocycles. The maximum Gasteiger partial charge on any atom is 0.303 e. The molecule has 0 rings (SSSR count). The van der Waals surface area contributed by atoms with Crippen molar-refractivity contribution in [1.29, 1.82) is 0 Å². The normalized spacial score (nSPS) is 12.9. The van der Waals surface area contributed by atoms with Crippen LogP contribution < -0.4 is 0 Å². The van der Waals surface area contributed by atoms with Crippen molar-refractivity contribution in [2.75, 3.05) is 0 Å². The van der Waals surface area contributed by atoms with Crippen LogP contribution in [0.3, 0.4) is 0 Å². The first-order valence-corrected chi connectivity index (χ1v) is 4.75. The summed E-state index contributed by atoms with van der Waals surface area (Å²) < 4.78 is 5.23. The van der Waals surface area contributed by atoms with E-state index in [-0.39, 0.29) is 17.5 Å². The molecule has 0 radical (unpaired) electrons. The molecule has 0 aromatic rings. The van der Waals surface area contributed by atoms with Gasteiger partial charge in [0.1, 0.15) is 6.10 Å². The fourth-order valence-electron chi connectivity index (χ4n) is 0.998. The van der Waals surface area contributed by atoms with Crippen LogP contribution in [0.15, 0.2) is 24.3 Å². The Morgan fingerprint density at radius 2 is 1.86 bits per heavy atom. The molecular weight excluding hydrogens is 176 g/mol.